The van der Waals surface area contributed by atoms with Crippen molar-refractivity contribution in [1.82, 2.24) is 20.1 Å². The fourth-order valence-electron chi connectivity index (χ4n) is 2.49. The van der Waals surface area contributed by atoms with Gasteiger partial charge in [-0.05, 0) is 45.3 Å². The number of urea groups is 1. The Balaban J connectivity index is 1.97. The molecule has 0 aliphatic carbocycles. The number of halogens is 1. The topological polar surface area (TPSA) is 51.4 Å². The predicted octanol–water partition coefficient (Wildman–Crippen LogP) is 2.40. The summed E-state index contributed by atoms with van der Waals surface area (Å²) in [4.78, 5) is 19.0. The molecule has 0 radical (unpaired) electrons. The number of hydrogen-bond acceptors (Lipinski definition) is 2. The van der Waals surface area contributed by atoms with Crippen LogP contribution in [-0.4, -0.2) is 54.5 Å². The minimum atomic E-state index is -0.262. The average Bonchev–Trinajstić information content (AvgIpc) is 2.78. The molecule has 5 nitrogen and oxygen atoms in total. The number of fused-ring (bicyclic) bond motifs is 1. The van der Waals surface area contributed by atoms with Crippen molar-refractivity contribution >= 4 is 16.9 Å². The zero-order valence-electron chi connectivity index (χ0n) is 13.5. The molecule has 0 fully saturated rings. The van der Waals surface area contributed by atoms with Crippen LogP contribution in [0.5, 0.6) is 0 Å². The molecule has 1 unspecified atom stereocenters. The van der Waals surface area contributed by atoms with E-state index >= 15 is 0 Å². The van der Waals surface area contributed by atoms with Crippen molar-refractivity contribution in [2.75, 3.05) is 27.7 Å². The number of nitrogens with one attached hydrogen (secondary N) is 2. The van der Waals surface area contributed by atoms with E-state index in [9.17, 15) is 9.18 Å². The van der Waals surface area contributed by atoms with Crippen molar-refractivity contribution in [3.63, 3.8) is 0 Å². The van der Waals surface area contributed by atoms with E-state index in [1.54, 1.807) is 18.0 Å². The van der Waals surface area contributed by atoms with E-state index in [1.165, 1.54) is 12.1 Å². The fraction of sp³-hybridized carbons (Fsp3) is 0.438. The quantitative estimate of drug-likeness (QED) is 0.891. The third kappa shape index (κ3) is 4.21. The smallest absolute Gasteiger partial charge is 0.317 e. The van der Waals surface area contributed by atoms with Crippen molar-refractivity contribution in [3.05, 3.63) is 35.8 Å². The first-order valence-corrected chi connectivity index (χ1v) is 7.28. The van der Waals surface area contributed by atoms with Crippen LogP contribution in [0.15, 0.2) is 24.3 Å². The van der Waals surface area contributed by atoms with Crippen LogP contribution in [0.3, 0.4) is 0 Å². The van der Waals surface area contributed by atoms with E-state index in [-0.39, 0.29) is 17.9 Å². The molecule has 1 atom stereocenters. The summed E-state index contributed by atoms with van der Waals surface area (Å²) in [5, 5.41) is 3.76. The highest BCUT2D eigenvalue weighted by molar-refractivity contribution is 5.80. The van der Waals surface area contributed by atoms with Crippen molar-refractivity contribution in [2.45, 2.75) is 19.5 Å². The Hall–Kier alpha value is -2.08. The molecular weight excluding hydrogens is 283 g/mol. The molecule has 22 heavy (non-hydrogen) atoms. The van der Waals surface area contributed by atoms with Crippen molar-refractivity contribution in [3.8, 4) is 0 Å². The van der Waals surface area contributed by atoms with Gasteiger partial charge in [-0.2, -0.15) is 0 Å². The zero-order valence-corrected chi connectivity index (χ0v) is 13.5. The largest absolute Gasteiger partial charge is 0.357 e. The normalized spacial score (nSPS) is 12.6. The number of benzene rings is 1. The number of aromatic amines is 1. The molecule has 0 aliphatic heterocycles. The lowest BCUT2D eigenvalue weighted by Gasteiger charge is -2.23. The van der Waals surface area contributed by atoms with E-state index in [2.05, 4.69) is 10.3 Å². The third-order valence-electron chi connectivity index (χ3n) is 3.40. The Morgan fingerprint density at radius 1 is 1.32 bits per heavy atom. The molecule has 0 spiro atoms. The highest BCUT2D eigenvalue weighted by Crippen LogP contribution is 2.17. The van der Waals surface area contributed by atoms with Crippen LogP contribution in [0.1, 0.15) is 12.6 Å². The molecule has 6 heteroatoms. The monoisotopic (exact) mass is 306 g/mol. The van der Waals surface area contributed by atoms with Crippen LogP contribution < -0.4 is 5.32 Å². The molecule has 0 saturated carbocycles. The standard InChI is InChI=1S/C16H23FN4O/c1-11(9-20(2)3)18-16(22)21(4)10-14-8-12-7-13(17)5-6-15(12)19-14/h5-8,11,19H,9-10H2,1-4H3,(H,18,22). The SMILES string of the molecule is CC(CN(C)C)NC(=O)N(C)Cc1cc2cc(F)ccc2[nH]1. The molecule has 2 amide bonds. The number of nitrogens with zero attached hydrogens (tertiary/aromatic N) is 2. The number of hydrogen-bond donors (Lipinski definition) is 2. The van der Waals surface area contributed by atoms with Crippen LogP contribution >= 0.6 is 0 Å². The van der Waals surface area contributed by atoms with Crippen LogP contribution in [0.4, 0.5) is 9.18 Å². The van der Waals surface area contributed by atoms with E-state index in [1.807, 2.05) is 32.0 Å². The van der Waals surface area contributed by atoms with Gasteiger partial charge in [0.1, 0.15) is 5.82 Å². The van der Waals surface area contributed by atoms with Gasteiger partial charge in [0, 0.05) is 36.2 Å². The molecule has 2 N–H and O–H groups in total. The summed E-state index contributed by atoms with van der Waals surface area (Å²) in [5.41, 5.74) is 1.74. The van der Waals surface area contributed by atoms with Crippen LogP contribution in [0, 0.1) is 5.82 Å². The minimum Gasteiger partial charge on any atom is -0.357 e. The zero-order chi connectivity index (χ0) is 16.3. The number of amides is 2. The van der Waals surface area contributed by atoms with Crippen LogP contribution in [0.25, 0.3) is 10.9 Å². The van der Waals surface area contributed by atoms with Gasteiger partial charge in [0.05, 0.1) is 6.54 Å². The van der Waals surface area contributed by atoms with Gasteiger partial charge in [0.25, 0.3) is 0 Å². The lowest BCUT2D eigenvalue weighted by molar-refractivity contribution is 0.200. The van der Waals surface area contributed by atoms with E-state index < -0.39 is 0 Å². The number of aromatic nitrogens is 1. The molecular formula is C16H23FN4O. The maximum atomic E-state index is 13.2. The Bertz CT molecular complexity index is 653. The summed E-state index contributed by atoms with van der Waals surface area (Å²) in [6.45, 7) is 3.19. The first-order valence-electron chi connectivity index (χ1n) is 7.28. The predicted molar refractivity (Wildman–Crippen MR) is 86.3 cm³/mol. The summed E-state index contributed by atoms with van der Waals surface area (Å²) in [7, 11) is 5.68. The van der Waals surface area contributed by atoms with Crippen LogP contribution in [-0.2, 0) is 6.54 Å². The molecule has 0 aliphatic rings. The average molecular weight is 306 g/mol. The molecule has 1 heterocycles. The van der Waals surface area contributed by atoms with E-state index in [0.717, 1.165) is 23.1 Å². The Labute approximate surface area is 130 Å². The van der Waals surface area contributed by atoms with Gasteiger partial charge in [0.15, 0.2) is 0 Å². The second-order valence-corrected chi connectivity index (χ2v) is 5.99. The summed E-state index contributed by atoms with van der Waals surface area (Å²) < 4.78 is 13.2. The summed E-state index contributed by atoms with van der Waals surface area (Å²) in [6, 6.07) is 6.41. The maximum Gasteiger partial charge on any atom is 0.317 e. The van der Waals surface area contributed by atoms with Gasteiger partial charge in [-0.1, -0.05) is 0 Å². The molecule has 1 aromatic carbocycles. The van der Waals surface area contributed by atoms with E-state index in [4.69, 9.17) is 0 Å². The van der Waals surface area contributed by atoms with Gasteiger partial charge < -0.3 is 20.1 Å². The number of likely N-dealkylation sites (N-methyl/N-ethyl adjacent to an activating group) is 1. The number of H-pyrrole nitrogens is 1. The molecule has 0 saturated heterocycles. The van der Waals surface area contributed by atoms with Gasteiger partial charge in [0.2, 0.25) is 0 Å². The highest BCUT2D eigenvalue weighted by Gasteiger charge is 2.13. The Kier molecular flexibility index (Phi) is 5.03. The lowest BCUT2D eigenvalue weighted by Crippen LogP contribution is -2.45. The first kappa shape index (κ1) is 16.3. The highest BCUT2D eigenvalue weighted by atomic mass is 19.1. The van der Waals surface area contributed by atoms with Gasteiger partial charge in [-0.15, -0.1) is 0 Å². The fourth-order valence-corrected chi connectivity index (χ4v) is 2.49. The molecule has 0 bridgehead atoms. The van der Waals surface area contributed by atoms with Crippen molar-refractivity contribution in [1.29, 1.82) is 0 Å². The van der Waals surface area contributed by atoms with Gasteiger partial charge in [-0.3, -0.25) is 0 Å². The minimum absolute atomic E-state index is 0.0711. The summed E-state index contributed by atoms with van der Waals surface area (Å²) in [6.07, 6.45) is 0. The lowest BCUT2D eigenvalue weighted by atomic mass is 10.2. The van der Waals surface area contributed by atoms with Crippen molar-refractivity contribution in [2.24, 2.45) is 0 Å². The summed E-state index contributed by atoms with van der Waals surface area (Å²) in [5.74, 6) is -0.262. The number of carbonyl (C=O) groups excluding carboxylic acids is 1. The first-order chi connectivity index (χ1) is 10.3. The molecule has 1 aromatic heterocycles. The van der Waals surface area contributed by atoms with Crippen LogP contribution in [0.2, 0.25) is 0 Å². The number of rotatable bonds is 5. The van der Waals surface area contributed by atoms with Gasteiger partial charge >= 0.3 is 6.03 Å². The summed E-state index contributed by atoms with van der Waals surface area (Å²) >= 11 is 0. The molecule has 120 valence electrons. The van der Waals surface area contributed by atoms with Crippen molar-refractivity contribution < 1.29 is 9.18 Å². The second kappa shape index (κ2) is 6.79. The number of carbonyl (C=O) groups is 1. The second-order valence-electron chi connectivity index (χ2n) is 5.99. The van der Waals surface area contributed by atoms with Gasteiger partial charge in [-0.25, -0.2) is 9.18 Å². The Morgan fingerprint density at radius 2 is 2.05 bits per heavy atom. The molecule has 2 aromatic rings. The van der Waals surface area contributed by atoms with E-state index in [0.29, 0.717) is 6.54 Å². The Morgan fingerprint density at radius 3 is 2.73 bits per heavy atom. The third-order valence-corrected chi connectivity index (χ3v) is 3.40. The molecule has 2 rings (SSSR count). The maximum absolute atomic E-state index is 13.2.